The highest BCUT2D eigenvalue weighted by atomic mass is 32.1. The summed E-state index contributed by atoms with van der Waals surface area (Å²) in [7, 11) is 1.67. The van der Waals surface area contributed by atoms with Crippen LogP contribution in [0.5, 0.6) is 5.75 Å². The fourth-order valence-electron chi connectivity index (χ4n) is 2.86. The Bertz CT molecular complexity index is 987. The number of fused-ring (bicyclic) bond motifs is 1. The van der Waals surface area contributed by atoms with Gasteiger partial charge in [-0.3, -0.25) is 4.79 Å². The second kappa shape index (κ2) is 8.97. The lowest BCUT2D eigenvalue weighted by Crippen LogP contribution is -2.19. The van der Waals surface area contributed by atoms with Crippen LogP contribution in [0.25, 0.3) is 10.2 Å². The first-order chi connectivity index (χ1) is 13.1. The number of thiazole rings is 1. The standard InChI is InChI=1S/C21H24N2O3S/c1-4-26-17-8-6-16(7-9-17)14-20(24)22-21-23(11-12-25-3)18-10-5-15(2)13-19(18)27-21/h5-10,13H,4,11-12,14H2,1-3H3. The van der Waals surface area contributed by atoms with Gasteiger partial charge in [0.15, 0.2) is 4.80 Å². The number of benzene rings is 2. The van der Waals surface area contributed by atoms with Crippen molar-refractivity contribution in [1.82, 2.24) is 4.57 Å². The van der Waals surface area contributed by atoms with Crippen LogP contribution >= 0.6 is 11.3 Å². The van der Waals surface area contributed by atoms with Crippen molar-refractivity contribution in [1.29, 1.82) is 0 Å². The van der Waals surface area contributed by atoms with Crippen molar-refractivity contribution >= 4 is 27.5 Å². The molecule has 3 rings (SSSR count). The van der Waals surface area contributed by atoms with Crippen LogP contribution in [-0.2, 0) is 22.5 Å². The van der Waals surface area contributed by atoms with E-state index in [4.69, 9.17) is 9.47 Å². The third kappa shape index (κ3) is 4.84. The predicted octanol–water partition coefficient (Wildman–Crippen LogP) is 3.73. The summed E-state index contributed by atoms with van der Waals surface area (Å²) in [5.74, 6) is 0.650. The van der Waals surface area contributed by atoms with Gasteiger partial charge in [0, 0.05) is 13.7 Å². The number of nitrogens with zero attached hydrogens (tertiary/aromatic N) is 2. The zero-order valence-corrected chi connectivity index (χ0v) is 16.7. The minimum absolute atomic E-state index is 0.159. The van der Waals surface area contributed by atoms with Crippen LogP contribution in [-0.4, -0.2) is 30.8 Å². The van der Waals surface area contributed by atoms with Crippen molar-refractivity contribution in [2.24, 2.45) is 4.99 Å². The van der Waals surface area contributed by atoms with Crippen LogP contribution in [0.2, 0.25) is 0 Å². The quantitative estimate of drug-likeness (QED) is 0.624. The van der Waals surface area contributed by atoms with Gasteiger partial charge in [0.2, 0.25) is 0 Å². The zero-order valence-electron chi connectivity index (χ0n) is 15.9. The van der Waals surface area contributed by atoms with Crippen LogP contribution < -0.4 is 9.54 Å². The third-order valence-corrected chi connectivity index (χ3v) is 5.21. The van der Waals surface area contributed by atoms with Gasteiger partial charge in [0.05, 0.1) is 29.9 Å². The molecule has 6 heteroatoms. The summed E-state index contributed by atoms with van der Waals surface area (Å²) in [5, 5.41) is 0. The largest absolute Gasteiger partial charge is 0.494 e. The van der Waals surface area contributed by atoms with Gasteiger partial charge in [-0.2, -0.15) is 4.99 Å². The summed E-state index contributed by atoms with van der Waals surface area (Å²) >= 11 is 1.54. The average Bonchev–Trinajstić information content (AvgIpc) is 2.97. The number of carbonyl (C=O) groups is 1. The van der Waals surface area contributed by atoms with Gasteiger partial charge >= 0.3 is 0 Å². The Morgan fingerprint density at radius 1 is 1.19 bits per heavy atom. The molecule has 0 aliphatic carbocycles. The second-order valence-corrected chi connectivity index (χ2v) is 7.27. The lowest BCUT2D eigenvalue weighted by Gasteiger charge is -2.05. The van der Waals surface area contributed by atoms with E-state index in [0.29, 0.717) is 24.6 Å². The maximum absolute atomic E-state index is 12.5. The molecule has 142 valence electrons. The maximum atomic E-state index is 12.5. The average molecular weight is 385 g/mol. The normalized spacial score (nSPS) is 11.9. The SMILES string of the molecule is CCOc1ccc(CC(=O)N=c2sc3cc(C)ccc3n2CCOC)cc1. The number of amides is 1. The molecule has 0 N–H and O–H groups in total. The van der Waals surface area contributed by atoms with Crippen LogP contribution in [0, 0.1) is 6.92 Å². The fraction of sp³-hybridized carbons (Fsp3) is 0.333. The van der Waals surface area contributed by atoms with Crippen molar-refractivity contribution in [2.75, 3.05) is 20.3 Å². The number of ether oxygens (including phenoxy) is 2. The van der Waals surface area contributed by atoms with Gasteiger partial charge in [-0.05, 0) is 49.2 Å². The molecular weight excluding hydrogens is 360 g/mol. The van der Waals surface area contributed by atoms with E-state index in [1.165, 1.54) is 16.9 Å². The number of aryl methyl sites for hydroxylation is 1. The Kier molecular flexibility index (Phi) is 6.42. The number of carbonyl (C=O) groups excluding carboxylic acids is 1. The van der Waals surface area contributed by atoms with Crippen molar-refractivity contribution in [3.8, 4) is 5.75 Å². The Hall–Kier alpha value is -2.44. The Morgan fingerprint density at radius 3 is 2.67 bits per heavy atom. The molecule has 0 aliphatic rings. The van der Waals surface area contributed by atoms with E-state index in [-0.39, 0.29) is 12.3 Å². The molecule has 1 amide bonds. The number of rotatable bonds is 7. The van der Waals surface area contributed by atoms with E-state index in [1.807, 2.05) is 31.2 Å². The molecule has 0 saturated carbocycles. The van der Waals surface area contributed by atoms with E-state index in [0.717, 1.165) is 21.5 Å². The van der Waals surface area contributed by atoms with E-state index in [1.54, 1.807) is 7.11 Å². The van der Waals surface area contributed by atoms with Crippen LogP contribution in [0.3, 0.4) is 0 Å². The number of aromatic nitrogens is 1. The monoisotopic (exact) mass is 384 g/mol. The predicted molar refractivity (Wildman–Crippen MR) is 108 cm³/mol. The van der Waals surface area contributed by atoms with Gasteiger partial charge in [-0.1, -0.05) is 29.5 Å². The molecule has 27 heavy (non-hydrogen) atoms. The molecule has 1 heterocycles. The summed E-state index contributed by atoms with van der Waals surface area (Å²) in [6, 6.07) is 13.9. The molecule has 1 aromatic heterocycles. The zero-order chi connectivity index (χ0) is 19.2. The summed E-state index contributed by atoms with van der Waals surface area (Å²) < 4.78 is 13.8. The summed E-state index contributed by atoms with van der Waals surface area (Å²) in [5.41, 5.74) is 3.19. The molecular formula is C21H24N2O3S. The summed E-state index contributed by atoms with van der Waals surface area (Å²) in [4.78, 5) is 17.6. The summed E-state index contributed by atoms with van der Waals surface area (Å²) in [6.45, 7) is 5.86. The Morgan fingerprint density at radius 2 is 1.96 bits per heavy atom. The molecule has 0 saturated heterocycles. The number of methoxy groups -OCH3 is 1. The first-order valence-corrected chi connectivity index (χ1v) is 9.80. The maximum Gasteiger partial charge on any atom is 0.252 e. The van der Waals surface area contributed by atoms with Gasteiger partial charge in [-0.15, -0.1) is 0 Å². The third-order valence-electron chi connectivity index (χ3n) is 4.17. The van der Waals surface area contributed by atoms with Crippen molar-refractivity contribution in [2.45, 2.75) is 26.8 Å². The lowest BCUT2D eigenvalue weighted by molar-refractivity contribution is -0.117. The highest BCUT2D eigenvalue weighted by Crippen LogP contribution is 2.19. The molecule has 0 radical (unpaired) electrons. The van der Waals surface area contributed by atoms with E-state index >= 15 is 0 Å². The molecule has 0 fully saturated rings. The molecule has 2 aromatic carbocycles. The lowest BCUT2D eigenvalue weighted by atomic mass is 10.1. The minimum atomic E-state index is -0.159. The Labute approximate surface area is 162 Å². The van der Waals surface area contributed by atoms with Gasteiger partial charge in [-0.25, -0.2) is 0 Å². The first-order valence-electron chi connectivity index (χ1n) is 8.99. The first kappa shape index (κ1) is 19.3. The molecule has 0 unspecified atom stereocenters. The molecule has 3 aromatic rings. The van der Waals surface area contributed by atoms with Gasteiger partial charge in [0.1, 0.15) is 5.75 Å². The molecule has 0 spiro atoms. The number of hydrogen-bond acceptors (Lipinski definition) is 4. The topological polar surface area (TPSA) is 52.8 Å². The molecule has 0 aliphatic heterocycles. The van der Waals surface area contributed by atoms with Crippen LogP contribution in [0.1, 0.15) is 18.1 Å². The van der Waals surface area contributed by atoms with E-state index in [2.05, 4.69) is 34.7 Å². The van der Waals surface area contributed by atoms with Gasteiger partial charge < -0.3 is 14.0 Å². The van der Waals surface area contributed by atoms with E-state index in [9.17, 15) is 4.79 Å². The second-order valence-electron chi connectivity index (χ2n) is 6.26. The van der Waals surface area contributed by atoms with Crippen molar-refractivity contribution < 1.29 is 14.3 Å². The summed E-state index contributed by atoms with van der Waals surface area (Å²) in [6.07, 6.45) is 0.268. The minimum Gasteiger partial charge on any atom is -0.494 e. The van der Waals surface area contributed by atoms with Crippen LogP contribution in [0.4, 0.5) is 0 Å². The Balaban J connectivity index is 1.88. The fourth-order valence-corrected chi connectivity index (χ4v) is 4.03. The van der Waals surface area contributed by atoms with Gasteiger partial charge in [0.25, 0.3) is 5.91 Å². The van der Waals surface area contributed by atoms with Crippen molar-refractivity contribution in [3.05, 3.63) is 58.4 Å². The van der Waals surface area contributed by atoms with Crippen molar-refractivity contribution in [3.63, 3.8) is 0 Å². The molecule has 0 bridgehead atoms. The number of hydrogen-bond donors (Lipinski definition) is 0. The molecule has 0 atom stereocenters. The smallest absolute Gasteiger partial charge is 0.252 e. The highest BCUT2D eigenvalue weighted by Gasteiger charge is 2.09. The molecule has 5 nitrogen and oxygen atoms in total. The van der Waals surface area contributed by atoms with Crippen LogP contribution in [0.15, 0.2) is 47.5 Å². The highest BCUT2D eigenvalue weighted by molar-refractivity contribution is 7.16. The van der Waals surface area contributed by atoms with E-state index < -0.39 is 0 Å².